The van der Waals surface area contributed by atoms with Gasteiger partial charge in [-0.1, -0.05) is 13.8 Å². The first-order valence-electron chi connectivity index (χ1n) is 11.9. The number of hydrogen-bond acceptors (Lipinski definition) is 6. The molecule has 0 aliphatic carbocycles. The van der Waals surface area contributed by atoms with Crippen molar-refractivity contribution in [1.82, 2.24) is 25.2 Å². The zero-order valence-electron chi connectivity index (χ0n) is 20.1. The van der Waals surface area contributed by atoms with Crippen molar-refractivity contribution in [3.8, 4) is 11.8 Å². The third kappa shape index (κ3) is 4.32. The SMILES string of the molecule is Cc1cc(OCC(=O)N2C[C@@H]3CN(C(=O)c4ccc5n[nH]nc5c4)C[C@H]3C2)c(C(C)C)cc1C#N. The lowest BCUT2D eigenvalue weighted by Crippen LogP contribution is -2.37. The highest BCUT2D eigenvalue weighted by Gasteiger charge is 2.43. The molecule has 3 aromatic rings. The van der Waals surface area contributed by atoms with Gasteiger partial charge in [0.05, 0.1) is 11.6 Å². The summed E-state index contributed by atoms with van der Waals surface area (Å²) in [5, 5.41) is 20.0. The highest BCUT2D eigenvalue weighted by atomic mass is 16.5. The summed E-state index contributed by atoms with van der Waals surface area (Å²) in [4.78, 5) is 29.7. The van der Waals surface area contributed by atoms with Crippen LogP contribution in [0.25, 0.3) is 11.0 Å². The van der Waals surface area contributed by atoms with Gasteiger partial charge in [0.25, 0.3) is 11.8 Å². The third-order valence-corrected chi connectivity index (χ3v) is 7.14. The lowest BCUT2D eigenvalue weighted by molar-refractivity contribution is -0.132. The number of aromatic nitrogens is 3. The molecule has 180 valence electrons. The van der Waals surface area contributed by atoms with Crippen LogP contribution in [-0.4, -0.2) is 69.8 Å². The molecule has 0 bridgehead atoms. The Bertz CT molecular complexity index is 1330. The summed E-state index contributed by atoms with van der Waals surface area (Å²) in [5.74, 6) is 1.30. The van der Waals surface area contributed by atoms with Crippen molar-refractivity contribution in [2.45, 2.75) is 26.7 Å². The molecule has 2 aliphatic rings. The van der Waals surface area contributed by atoms with Gasteiger partial charge in [0, 0.05) is 43.6 Å². The van der Waals surface area contributed by atoms with E-state index in [4.69, 9.17) is 4.74 Å². The summed E-state index contributed by atoms with van der Waals surface area (Å²) in [6.07, 6.45) is 0. The first-order valence-corrected chi connectivity index (χ1v) is 11.9. The van der Waals surface area contributed by atoms with Gasteiger partial charge in [-0.05, 0) is 54.3 Å². The molecule has 0 saturated carbocycles. The number of nitriles is 1. The number of aryl methyl sites for hydroxylation is 1. The van der Waals surface area contributed by atoms with Gasteiger partial charge in [0.2, 0.25) is 0 Å². The van der Waals surface area contributed by atoms with Crippen molar-refractivity contribution in [3.63, 3.8) is 0 Å². The predicted octanol–water partition coefficient (Wildman–Crippen LogP) is 2.87. The first-order chi connectivity index (χ1) is 16.8. The fraction of sp³-hybridized carbons (Fsp3) is 0.423. The van der Waals surface area contributed by atoms with Gasteiger partial charge >= 0.3 is 0 Å². The van der Waals surface area contributed by atoms with Crippen LogP contribution in [0.5, 0.6) is 5.75 Å². The number of carbonyl (C=O) groups is 2. The number of likely N-dealkylation sites (tertiary alicyclic amines) is 2. The smallest absolute Gasteiger partial charge is 0.260 e. The molecule has 9 heteroatoms. The molecule has 0 unspecified atom stereocenters. The molecule has 2 aromatic carbocycles. The van der Waals surface area contributed by atoms with Crippen LogP contribution in [0.1, 0.15) is 46.8 Å². The van der Waals surface area contributed by atoms with E-state index in [0.717, 1.165) is 16.6 Å². The van der Waals surface area contributed by atoms with Crippen LogP contribution in [-0.2, 0) is 4.79 Å². The van der Waals surface area contributed by atoms with Crippen LogP contribution >= 0.6 is 0 Å². The number of fused-ring (bicyclic) bond motifs is 2. The second-order valence-corrected chi connectivity index (χ2v) is 9.82. The number of amides is 2. The Morgan fingerprint density at radius 3 is 2.46 bits per heavy atom. The Morgan fingerprint density at radius 1 is 1.09 bits per heavy atom. The van der Waals surface area contributed by atoms with Gasteiger partial charge in [-0.3, -0.25) is 9.59 Å². The molecular weight excluding hydrogens is 444 g/mol. The molecule has 35 heavy (non-hydrogen) atoms. The molecular formula is C26H28N6O3. The van der Waals surface area contributed by atoms with Crippen LogP contribution in [0, 0.1) is 30.1 Å². The van der Waals surface area contributed by atoms with Crippen molar-refractivity contribution in [2.24, 2.45) is 11.8 Å². The quantitative estimate of drug-likeness (QED) is 0.611. The second kappa shape index (κ2) is 9.02. The molecule has 5 rings (SSSR count). The number of ether oxygens (including phenoxy) is 1. The minimum atomic E-state index is -0.0505. The van der Waals surface area contributed by atoms with Gasteiger partial charge in [0.1, 0.15) is 16.8 Å². The van der Waals surface area contributed by atoms with E-state index in [9.17, 15) is 14.9 Å². The molecule has 1 N–H and O–H groups in total. The number of hydrogen-bond donors (Lipinski definition) is 1. The fourth-order valence-electron chi connectivity index (χ4n) is 5.14. The minimum Gasteiger partial charge on any atom is -0.483 e. The number of nitrogens with one attached hydrogen (secondary N) is 1. The Balaban J connectivity index is 1.18. The van der Waals surface area contributed by atoms with Crippen molar-refractivity contribution >= 4 is 22.8 Å². The average Bonchev–Trinajstić information content (AvgIpc) is 3.56. The minimum absolute atomic E-state index is 0.0112. The van der Waals surface area contributed by atoms with Crippen LogP contribution in [0.2, 0.25) is 0 Å². The second-order valence-electron chi connectivity index (χ2n) is 9.82. The summed E-state index contributed by atoms with van der Waals surface area (Å²) in [6.45, 7) is 8.44. The summed E-state index contributed by atoms with van der Waals surface area (Å²) < 4.78 is 5.94. The third-order valence-electron chi connectivity index (χ3n) is 7.14. The maximum atomic E-state index is 13.0. The van der Waals surface area contributed by atoms with E-state index in [1.54, 1.807) is 18.2 Å². The number of aromatic amines is 1. The summed E-state index contributed by atoms with van der Waals surface area (Å²) in [7, 11) is 0. The number of nitrogens with zero attached hydrogens (tertiary/aromatic N) is 5. The van der Waals surface area contributed by atoms with Crippen LogP contribution in [0.4, 0.5) is 0 Å². The van der Waals surface area contributed by atoms with Gasteiger partial charge in [-0.15, -0.1) is 0 Å². The summed E-state index contributed by atoms with van der Waals surface area (Å²) in [6, 6.07) is 11.3. The summed E-state index contributed by atoms with van der Waals surface area (Å²) in [5.41, 5.74) is 4.39. The molecule has 0 spiro atoms. The topological polar surface area (TPSA) is 115 Å². The predicted molar refractivity (Wildman–Crippen MR) is 129 cm³/mol. The Labute approximate surface area is 203 Å². The van der Waals surface area contributed by atoms with Crippen molar-refractivity contribution < 1.29 is 14.3 Å². The summed E-state index contributed by atoms with van der Waals surface area (Å²) >= 11 is 0. The molecule has 2 saturated heterocycles. The molecule has 0 radical (unpaired) electrons. The molecule has 9 nitrogen and oxygen atoms in total. The Hall–Kier alpha value is -3.93. The van der Waals surface area contributed by atoms with E-state index >= 15 is 0 Å². The highest BCUT2D eigenvalue weighted by molar-refractivity contribution is 5.97. The number of carbonyl (C=O) groups excluding carboxylic acids is 2. The molecule has 2 atom stereocenters. The van der Waals surface area contributed by atoms with Gasteiger partial charge in [-0.25, -0.2) is 0 Å². The zero-order chi connectivity index (χ0) is 24.7. The number of benzene rings is 2. The van der Waals surface area contributed by atoms with E-state index in [1.807, 2.05) is 42.7 Å². The van der Waals surface area contributed by atoms with Gasteiger partial charge < -0.3 is 14.5 Å². The van der Waals surface area contributed by atoms with Crippen molar-refractivity contribution in [1.29, 1.82) is 5.26 Å². The fourth-order valence-corrected chi connectivity index (χ4v) is 5.14. The van der Waals surface area contributed by atoms with Crippen LogP contribution in [0.15, 0.2) is 30.3 Å². The first kappa shape index (κ1) is 22.8. The van der Waals surface area contributed by atoms with Gasteiger partial charge in [-0.2, -0.15) is 20.7 Å². The molecule has 1 aromatic heterocycles. The van der Waals surface area contributed by atoms with E-state index in [2.05, 4.69) is 21.5 Å². The average molecular weight is 473 g/mol. The number of rotatable bonds is 5. The van der Waals surface area contributed by atoms with Crippen molar-refractivity contribution in [3.05, 3.63) is 52.6 Å². The normalized spacial score (nSPS) is 19.3. The zero-order valence-corrected chi connectivity index (χ0v) is 20.1. The highest BCUT2D eigenvalue weighted by Crippen LogP contribution is 2.33. The van der Waals surface area contributed by atoms with E-state index in [1.165, 1.54) is 0 Å². The van der Waals surface area contributed by atoms with Crippen LogP contribution < -0.4 is 4.74 Å². The number of H-pyrrole nitrogens is 1. The van der Waals surface area contributed by atoms with Gasteiger partial charge in [0.15, 0.2) is 6.61 Å². The molecule has 2 amide bonds. The van der Waals surface area contributed by atoms with E-state index in [-0.39, 0.29) is 36.2 Å². The molecule has 2 fully saturated rings. The lowest BCUT2D eigenvalue weighted by atomic mass is 9.97. The van der Waals surface area contributed by atoms with Crippen molar-refractivity contribution in [2.75, 3.05) is 32.8 Å². The maximum Gasteiger partial charge on any atom is 0.260 e. The monoisotopic (exact) mass is 472 g/mol. The Morgan fingerprint density at radius 2 is 1.77 bits per heavy atom. The Kier molecular flexibility index (Phi) is 5.89. The maximum absolute atomic E-state index is 13.0. The largest absolute Gasteiger partial charge is 0.483 e. The van der Waals surface area contributed by atoms with E-state index < -0.39 is 0 Å². The standard InChI is InChI=1S/C26H28N6O3/c1-15(2)21-7-18(9-27)16(3)6-24(21)35-14-25(33)31-10-19-12-32(13-20(19)11-31)26(34)17-4-5-22-23(8-17)29-30-28-22/h4-8,15,19-20H,10-14H2,1-3H3,(H,28,29,30)/t19-,20-/m1/s1. The molecule has 2 aliphatic heterocycles. The lowest BCUT2D eigenvalue weighted by Gasteiger charge is -2.22. The van der Waals surface area contributed by atoms with Crippen LogP contribution in [0.3, 0.4) is 0 Å². The van der Waals surface area contributed by atoms with E-state index in [0.29, 0.717) is 48.6 Å². The molecule has 3 heterocycles.